The molecule has 3 heteroatoms. The Morgan fingerprint density at radius 3 is 2.05 bits per heavy atom. The van der Waals surface area contributed by atoms with Crippen molar-refractivity contribution < 1.29 is 13.9 Å². The molecule has 0 bridgehead atoms. The molecule has 0 aromatic heterocycles. The maximum Gasteiger partial charge on any atom is 0.196 e. The van der Waals surface area contributed by atoms with Gasteiger partial charge in [0.15, 0.2) is 17.3 Å². The number of ether oxygens (including phenoxy) is 1. The van der Waals surface area contributed by atoms with Crippen LogP contribution in [-0.2, 0) is 0 Å². The number of carbonyl (C=O) groups excluding carboxylic acids is 1. The lowest BCUT2D eigenvalue weighted by atomic mass is 10.0. The zero-order chi connectivity index (χ0) is 15.4. The van der Waals surface area contributed by atoms with Crippen molar-refractivity contribution in [2.24, 2.45) is 0 Å². The van der Waals surface area contributed by atoms with Gasteiger partial charge >= 0.3 is 0 Å². The maximum atomic E-state index is 13.7. The fourth-order valence-corrected chi connectivity index (χ4v) is 2.13. The van der Waals surface area contributed by atoms with Gasteiger partial charge < -0.3 is 4.74 Å². The largest absolute Gasteiger partial charge is 0.454 e. The van der Waals surface area contributed by atoms with E-state index in [1.807, 2.05) is 6.07 Å². The van der Waals surface area contributed by atoms with E-state index in [4.69, 9.17) is 4.74 Å². The first-order chi connectivity index (χ1) is 10.8. The van der Waals surface area contributed by atoms with E-state index < -0.39 is 5.82 Å². The first-order valence-electron chi connectivity index (χ1n) is 6.87. The second-order valence-corrected chi connectivity index (χ2v) is 4.72. The van der Waals surface area contributed by atoms with Crippen molar-refractivity contribution in [1.82, 2.24) is 0 Å². The van der Waals surface area contributed by atoms with Gasteiger partial charge in [0, 0.05) is 5.56 Å². The van der Waals surface area contributed by atoms with Crippen LogP contribution in [0.25, 0.3) is 0 Å². The Hall–Kier alpha value is -2.94. The molecule has 0 aliphatic carbocycles. The third-order valence-electron chi connectivity index (χ3n) is 3.22. The smallest absolute Gasteiger partial charge is 0.196 e. The molecule has 0 fully saturated rings. The minimum Gasteiger partial charge on any atom is -0.454 e. The van der Waals surface area contributed by atoms with E-state index in [0.717, 1.165) is 0 Å². The molecule has 0 N–H and O–H groups in total. The number of ketones is 1. The van der Waals surface area contributed by atoms with Gasteiger partial charge in [-0.15, -0.1) is 0 Å². The Labute approximate surface area is 127 Å². The van der Waals surface area contributed by atoms with E-state index in [-0.39, 0.29) is 11.5 Å². The number of halogens is 1. The van der Waals surface area contributed by atoms with E-state index >= 15 is 0 Å². The van der Waals surface area contributed by atoms with E-state index in [1.54, 1.807) is 60.7 Å². The molecule has 0 saturated carbocycles. The summed E-state index contributed by atoms with van der Waals surface area (Å²) in [6, 6.07) is 21.9. The van der Waals surface area contributed by atoms with E-state index in [1.165, 1.54) is 12.1 Å². The quantitative estimate of drug-likeness (QED) is 0.643. The highest BCUT2D eigenvalue weighted by Gasteiger charge is 2.15. The van der Waals surface area contributed by atoms with Gasteiger partial charge in [0.05, 0.1) is 5.56 Å². The second-order valence-electron chi connectivity index (χ2n) is 4.72. The van der Waals surface area contributed by atoms with Gasteiger partial charge in [-0.3, -0.25) is 4.79 Å². The van der Waals surface area contributed by atoms with Gasteiger partial charge in [0.25, 0.3) is 0 Å². The molecule has 108 valence electrons. The molecule has 0 unspecified atom stereocenters. The molecule has 3 rings (SSSR count). The van der Waals surface area contributed by atoms with Crippen molar-refractivity contribution in [3.8, 4) is 11.5 Å². The Balaban J connectivity index is 1.97. The van der Waals surface area contributed by atoms with Gasteiger partial charge in [-0.1, -0.05) is 54.6 Å². The molecule has 3 aromatic rings. The highest BCUT2D eigenvalue weighted by molar-refractivity contribution is 6.10. The lowest BCUT2D eigenvalue weighted by Gasteiger charge is -2.11. The summed E-state index contributed by atoms with van der Waals surface area (Å²) in [4.78, 5) is 12.6. The van der Waals surface area contributed by atoms with Crippen LogP contribution in [0.5, 0.6) is 11.5 Å². The Kier molecular flexibility index (Phi) is 3.97. The Bertz CT molecular complexity index is 797. The molecule has 0 aliphatic heterocycles. The SMILES string of the molecule is O=C(c1ccccc1)c1ccccc1Oc1ccccc1F. The zero-order valence-corrected chi connectivity index (χ0v) is 11.7. The van der Waals surface area contributed by atoms with Gasteiger partial charge in [0.2, 0.25) is 0 Å². The zero-order valence-electron chi connectivity index (χ0n) is 11.7. The summed E-state index contributed by atoms with van der Waals surface area (Å²) >= 11 is 0. The molecule has 3 aromatic carbocycles. The van der Waals surface area contributed by atoms with Crippen LogP contribution in [-0.4, -0.2) is 5.78 Å². The van der Waals surface area contributed by atoms with Crippen LogP contribution in [0.1, 0.15) is 15.9 Å². The Morgan fingerprint density at radius 1 is 0.727 bits per heavy atom. The standard InChI is InChI=1S/C19H13FO2/c20-16-11-5-7-13-18(16)22-17-12-6-4-10-15(17)19(21)14-8-2-1-3-9-14/h1-13H. The molecule has 22 heavy (non-hydrogen) atoms. The molecule has 0 radical (unpaired) electrons. The molecule has 0 amide bonds. The number of hydrogen-bond donors (Lipinski definition) is 0. The van der Waals surface area contributed by atoms with E-state index in [0.29, 0.717) is 16.9 Å². The summed E-state index contributed by atoms with van der Waals surface area (Å²) < 4.78 is 19.3. The van der Waals surface area contributed by atoms with Gasteiger partial charge in [-0.05, 0) is 24.3 Å². The van der Waals surface area contributed by atoms with Crippen LogP contribution in [0, 0.1) is 5.82 Å². The predicted molar refractivity (Wildman–Crippen MR) is 82.8 cm³/mol. The summed E-state index contributed by atoms with van der Waals surface area (Å²) in [6.45, 7) is 0. The predicted octanol–water partition coefficient (Wildman–Crippen LogP) is 4.85. The van der Waals surface area contributed by atoms with Gasteiger partial charge in [-0.2, -0.15) is 0 Å². The average molecular weight is 292 g/mol. The number of carbonyl (C=O) groups is 1. The third kappa shape index (κ3) is 2.88. The number of para-hydroxylation sites is 2. The molecule has 0 spiro atoms. The summed E-state index contributed by atoms with van der Waals surface area (Å²) in [5, 5.41) is 0. The molecular formula is C19H13FO2. The molecular weight excluding hydrogens is 279 g/mol. The fraction of sp³-hybridized carbons (Fsp3) is 0. The maximum absolute atomic E-state index is 13.7. The van der Waals surface area contributed by atoms with Crippen LogP contribution in [0.4, 0.5) is 4.39 Å². The summed E-state index contributed by atoms with van der Waals surface area (Å²) in [6.07, 6.45) is 0. The van der Waals surface area contributed by atoms with Crippen molar-refractivity contribution in [2.75, 3.05) is 0 Å². The fourth-order valence-electron chi connectivity index (χ4n) is 2.13. The van der Waals surface area contributed by atoms with Crippen molar-refractivity contribution in [2.45, 2.75) is 0 Å². The highest BCUT2D eigenvalue weighted by Crippen LogP contribution is 2.28. The highest BCUT2D eigenvalue weighted by atomic mass is 19.1. The molecule has 2 nitrogen and oxygen atoms in total. The van der Waals surface area contributed by atoms with E-state index in [9.17, 15) is 9.18 Å². The number of rotatable bonds is 4. The minimum absolute atomic E-state index is 0.0933. The summed E-state index contributed by atoms with van der Waals surface area (Å²) in [7, 11) is 0. The van der Waals surface area contributed by atoms with Gasteiger partial charge in [-0.25, -0.2) is 4.39 Å². The first kappa shape index (κ1) is 14.0. The lowest BCUT2D eigenvalue weighted by Crippen LogP contribution is -2.03. The Morgan fingerprint density at radius 2 is 1.32 bits per heavy atom. The van der Waals surface area contributed by atoms with Gasteiger partial charge in [0.1, 0.15) is 5.75 Å². The second kappa shape index (κ2) is 6.22. The van der Waals surface area contributed by atoms with Crippen LogP contribution < -0.4 is 4.74 Å². The normalized spacial score (nSPS) is 10.2. The van der Waals surface area contributed by atoms with Crippen LogP contribution >= 0.6 is 0 Å². The topological polar surface area (TPSA) is 26.3 Å². The van der Waals surface area contributed by atoms with Crippen LogP contribution in [0.15, 0.2) is 78.9 Å². The average Bonchev–Trinajstić information content (AvgIpc) is 2.58. The van der Waals surface area contributed by atoms with Crippen LogP contribution in [0.2, 0.25) is 0 Å². The first-order valence-corrected chi connectivity index (χ1v) is 6.87. The number of benzene rings is 3. The summed E-state index contributed by atoms with van der Waals surface area (Å²) in [5.41, 5.74) is 0.962. The van der Waals surface area contributed by atoms with Crippen molar-refractivity contribution in [1.29, 1.82) is 0 Å². The monoisotopic (exact) mass is 292 g/mol. The third-order valence-corrected chi connectivity index (χ3v) is 3.22. The van der Waals surface area contributed by atoms with Crippen molar-refractivity contribution >= 4 is 5.78 Å². The lowest BCUT2D eigenvalue weighted by molar-refractivity contribution is 0.103. The van der Waals surface area contributed by atoms with E-state index in [2.05, 4.69) is 0 Å². The van der Waals surface area contributed by atoms with Crippen molar-refractivity contribution in [3.05, 3.63) is 95.8 Å². The number of hydrogen-bond acceptors (Lipinski definition) is 2. The van der Waals surface area contributed by atoms with Crippen LogP contribution in [0.3, 0.4) is 0 Å². The minimum atomic E-state index is -0.468. The molecule has 0 heterocycles. The molecule has 0 atom stereocenters. The summed E-state index contributed by atoms with van der Waals surface area (Å²) in [5.74, 6) is -0.200. The molecule has 0 saturated heterocycles. The van der Waals surface area contributed by atoms with Crippen molar-refractivity contribution in [3.63, 3.8) is 0 Å². The molecule has 0 aliphatic rings.